The number of hydrogen-bond donors (Lipinski definition) is 2. The van der Waals surface area contributed by atoms with Gasteiger partial charge in [-0.2, -0.15) is 11.8 Å². The van der Waals surface area contributed by atoms with Crippen LogP contribution in [0.1, 0.15) is 65.2 Å². The molecule has 4 fully saturated rings. The van der Waals surface area contributed by atoms with E-state index in [0.29, 0.717) is 11.2 Å². The fourth-order valence-corrected chi connectivity index (χ4v) is 7.27. The molecule has 0 aromatic carbocycles. The molecule has 27 heavy (non-hydrogen) atoms. The quantitative estimate of drug-likeness (QED) is 0.701. The third kappa shape index (κ3) is 4.56. The summed E-state index contributed by atoms with van der Waals surface area (Å²) in [5.41, 5.74) is 6.67. The van der Waals surface area contributed by atoms with Crippen molar-refractivity contribution in [3.8, 4) is 0 Å². The monoisotopic (exact) mass is 391 g/mol. The van der Waals surface area contributed by atoms with Gasteiger partial charge >= 0.3 is 0 Å². The van der Waals surface area contributed by atoms with Crippen LogP contribution in [0.25, 0.3) is 0 Å². The summed E-state index contributed by atoms with van der Waals surface area (Å²) >= 11 is 2.05. The number of carbonyl (C=O) groups is 1. The first-order chi connectivity index (χ1) is 13.1. The number of nitrogens with one attached hydrogen (secondary N) is 2. The summed E-state index contributed by atoms with van der Waals surface area (Å²) in [6.07, 6.45) is 15.0. The molecule has 1 amide bonds. The lowest BCUT2D eigenvalue weighted by molar-refractivity contribution is -0.128. The van der Waals surface area contributed by atoms with Crippen molar-refractivity contribution >= 4 is 17.7 Å². The van der Waals surface area contributed by atoms with Gasteiger partial charge in [-0.05, 0) is 75.5 Å². The summed E-state index contributed by atoms with van der Waals surface area (Å²) in [6.45, 7) is 5.27. The molecule has 2 N–H and O–H groups in total. The van der Waals surface area contributed by atoms with Crippen LogP contribution in [-0.4, -0.2) is 46.5 Å². The Labute approximate surface area is 169 Å². The molecule has 0 bridgehead atoms. The zero-order valence-electron chi connectivity index (χ0n) is 17.0. The van der Waals surface area contributed by atoms with E-state index in [2.05, 4.69) is 35.7 Å². The van der Waals surface area contributed by atoms with E-state index < -0.39 is 0 Å². The van der Waals surface area contributed by atoms with Gasteiger partial charge in [-0.3, -0.25) is 15.6 Å². The number of thioether (sulfide) groups is 1. The molecule has 2 saturated heterocycles. The molecular weight excluding hydrogens is 354 g/mol. The second-order valence-electron chi connectivity index (χ2n) is 9.37. The highest BCUT2D eigenvalue weighted by atomic mass is 32.2. The summed E-state index contributed by atoms with van der Waals surface area (Å²) in [4.78, 5) is 15.4. The average molecular weight is 392 g/mol. The second kappa shape index (κ2) is 8.87. The maximum atomic E-state index is 13.3. The number of amides is 1. The molecule has 4 nitrogen and oxygen atoms in total. The zero-order chi connectivity index (χ0) is 18.8. The smallest absolute Gasteiger partial charge is 0.246 e. The van der Waals surface area contributed by atoms with Gasteiger partial charge in [0.05, 0.1) is 6.04 Å². The van der Waals surface area contributed by atoms with E-state index in [1.807, 2.05) is 17.8 Å². The van der Waals surface area contributed by atoms with Crippen LogP contribution < -0.4 is 10.9 Å². The van der Waals surface area contributed by atoms with Crippen molar-refractivity contribution in [3.05, 3.63) is 12.2 Å². The lowest BCUT2D eigenvalue weighted by atomic mass is 9.76. The predicted molar refractivity (Wildman–Crippen MR) is 113 cm³/mol. The maximum Gasteiger partial charge on any atom is 0.246 e. The van der Waals surface area contributed by atoms with Gasteiger partial charge in [0, 0.05) is 23.9 Å². The highest BCUT2D eigenvalue weighted by Gasteiger charge is 2.38. The van der Waals surface area contributed by atoms with Gasteiger partial charge in [-0.25, -0.2) is 0 Å². The SMILES string of the molecule is CC1NNC(C)C1N(CC1CCCS1)C(=O)/C=C/C1CCC2CCCC2C1. The molecular formula is C22H37N3OS. The molecule has 2 aliphatic carbocycles. The summed E-state index contributed by atoms with van der Waals surface area (Å²) in [5.74, 6) is 4.01. The van der Waals surface area contributed by atoms with Gasteiger partial charge in [-0.15, -0.1) is 0 Å². The van der Waals surface area contributed by atoms with Crippen LogP contribution in [0.5, 0.6) is 0 Å². The molecule has 0 radical (unpaired) electrons. The molecule has 6 atom stereocenters. The molecule has 4 rings (SSSR count). The summed E-state index contributed by atoms with van der Waals surface area (Å²) in [5, 5.41) is 0.608. The van der Waals surface area contributed by atoms with Crippen molar-refractivity contribution in [1.82, 2.24) is 15.8 Å². The highest BCUT2D eigenvalue weighted by molar-refractivity contribution is 8.00. The maximum absolute atomic E-state index is 13.3. The third-order valence-electron chi connectivity index (χ3n) is 7.47. The fourth-order valence-electron chi connectivity index (χ4n) is 6.00. The Morgan fingerprint density at radius 3 is 2.56 bits per heavy atom. The van der Waals surface area contributed by atoms with Crippen LogP contribution in [0, 0.1) is 17.8 Å². The van der Waals surface area contributed by atoms with Gasteiger partial charge in [-0.1, -0.05) is 25.3 Å². The standard InChI is InChI=1S/C22H37N3OS/c1-15-22(16(2)24-23-15)25(14-20-7-4-12-27-20)21(26)11-9-17-8-10-18-5-3-6-19(18)13-17/h9,11,15-20,22-24H,3-8,10,12-14H2,1-2H3/b11-9+. The predicted octanol–water partition coefficient (Wildman–Crippen LogP) is 3.74. The van der Waals surface area contributed by atoms with Crippen LogP contribution in [0.2, 0.25) is 0 Å². The molecule has 2 saturated carbocycles. The van der Waals surface area contributed by atoms with Gasteiger partial charge in [0.15, 0.2) is 0 Å². The van der Waals surface area contributed by atoms with E-state index in [1.54, 1.807) is 0 Å². The molecule has 4 aliphatic rings. The van der Waals surface area contributed by atoms with Crippen molar-refractivity contribution in [2.24, 2.45) is 17.8 Å². The van der Waals surface area contributed by atoms with Crippen LogP contribution >= 0.6 is 11.8 Å². The molecule has 2 aliphatic heterocycles. The van der Waals surface area contributed by atoms with E-state index in [-0.39, 0.29) is 24.0 Å². The number of hydrazine groups is 1. The van der Waals surface area contributed by atoms with Crippen molar-refractivity contribution in [3.63, 3.8) is 0 Å². The fraction of sp³-hybridized carbons (Fsp3) is 0.864. The van der Waals surface area contributed by atoms with Crippen LogP contribution in [0.3, 0.4) is 0 Å². The first-order valence-corrected chi connectivity index (χ1v) is 12.3. The largest absolute Gasteiger partial charge is 0.332 e. The topological polar surface area (TPSA) is 44.4 Å². The zero-order valence-corrected chi connectivity index (χ0v) is 17.8. The molecule has 0 spiro atoms. The van der Waals surface area contributed by atoms with Crippen molar-refractivity contribution in [2.75, 3.05) is 12.3 Å². The lowest BCUT2D eigenvalue weighted by Crippen LogP contribution is -2.51. The Bertz CT molecular complexity index is 538. The van der Waals surface area contributed by atoms with Crippen LogP contribution in [0.15, 0.2) is 12.2 Å². The van der Waals surface area contributed by atoms with E-state index in [1.165, 1.54) is 57.1 Å². The first-order valence-electron chi connectivity index (χ1n) is 11.2. The van der Waals surface area contributed by atoms with E-state index in [0.717, 1.165) is 18.4 Å². The first kappa shape index (κ1) is 19.8. The van der Waals surface area contributed by atoms with Gasteiger partial charge in [0.1, 0.15) is 0 Å². The number of nitrogens with zero attached hydrogens (tertiary/aromatic N) is 1. The van der Waals surface area contributed by atoms with E-state index in [9.17, 15) is 4.79 Å². The lowest BCUT2D eigenvalue weighted by Gasteiger charge is -2.34. The summed E-state index contributed by atoms with van der Waals surface area (Å²) in [7, 11) is 0. The van der Waals surface area contributed by atoms with Crippen molar-refractivity contribution in [2.45, 2.75) is 88.6 Å². The highest BCUT2D eigenvalue weighted by Crippen LogP contribution is 2.44. The number of carbonyl (C=O) groups excluding carboxylic acids is 1. The van der Waals surface area contributed by atoms with Gasteiger partial charge in [0.25, 0.3) is 0 Å². The Balaban J connectivity index is 1.41. The molecule has 2 heterocycles. The molecule has 5 heteroatoms. The Hall–Kier alpha value is -0.520. The number of fused-ring (bicyclic) bond motifs is 1. The van der Waals surface area contributed by atoms with E-state index in [4.69, 9.17) is 0 Å². The number of rotatable bonds is 5. The molecule has 6 unspecified atom stereocenters. The average Bonchev–Trinajstić information content (AvgIpc) is 3.40. The molecule has 0 aromatic rings. The van der Waals surface area contributed by atoms with Gasteiger partial charge in [0.2, 0.25) is 5.91 Å². The minimum Gasteiger partial charge on any atom is -0.332 e. The van der Waals surface area contributed by atoms with Crippen molar-refractivity contribution in [1.29, 1.82) is 0 Å². The van der Waals surface area contributed by atoms with E-state index >= 15 is 0 Å². The van der Waals surface area contributed by atoms with Crippen LogP contribution in [0.4, 0.5) is 0 Å². The minimum atomic E-state index is 0.227. The second-order valence-corrected chi connectivity index (χ2v) is 10.8. The normalized spacial score (nSPS) is 41.9. The number of hydrogen-bond acceptors (Lipinski definition) is 4. The molecule has 152 valence electrons. The Morgan fingerprint density at radius 1 is 1.04 bits per heavy atom. The summed E-state index contributed by atoms with van der Waals surface area (Å²) in [6, 6.07) is 0.810. The van der Waals surface area contributed by atoms with Crippen LogP contribution in [-0.2, 0) is 4.79 Å². The number of allylic oxidation sites excluding steroid dienone is 1. The Kier molecular flexibility index (Phi) is 6.50. The van der Waals surface area contributed by atoms with Crippen molar-refractivity contribution < 1.29 is 4.79 Å². The Morgan fingerprint density at radius 2 is 1.81 bits per heavy atom. The minimum absolute atomic E-state index is 0.227. The van der Waals surface area contributed by atoms with Gasteiger partial charge < -0.3 is 4.90 Å². The molecule has 0 aromatic heterocycles. The summed E-state index contributed by atoms with van der Waals surface area (Å²) < 4.78 is 0. The third-order valence-corrected chi connectivity index (χ3v) is 8.85.